The zero-order valence-electron chi connectivity index (χ0n) is 11.8. The molecule has 1 atom stereocenters. The van der Waals surface area contributed by atoms with E-state index in [1.165, 1.54) is 6.92 Å². The van der Waals surface area contributed by atoms with E-state index < -0.39 is 5.66 Å². The summed E-state index contributed by atoms with van der Waals surface area (Å²) in [6, 6.07) is 9.68. The number of hydrogen-bond donors (Lipinski definition) is 2. The van der Waals surface area contributed by atoms with Crippen molar-refractivity contribution in [1.82, 2.24) is 10.2 Å². The van der Waals surface area contributed by atoms with Gasteiger partial charge in [-0.3, -0.25) is 9.59 Å². The van der Waals surface area contributed by atoms with Crippen LogP contribution in [0.15, 0.2) is 30.3 Å². The summed E-state index contributed by atoms with van der Waals surface area (Å²) in [7, 11) is 0. The van der Waals surface area contributed by atoms with Gasteiger partial charge in [0.1, 0.15) is 5.66 Å². The van der Waals surface area contributed by atoms with Crippen LogP contribution >= 0.6 is 0 Å². The predicted octanol–water partition coefficient (Wildman–Crippen LogP) is 0.947. The molecular formula is C15H21N3O2. The molecule has 0 aromatic heterocycles. The lowest BCUT2D eigenvalue weighted by atomic mass is 9.88. The molecule has 1 fully saturated rings. The van der Waals surface area contributed by atoms with Crippen LogP contribution in [0, 0.1) is 0 Å². The number of carbonyl (C=O) groups excluding carboxylic acids is 2. The number of rotatable bonds is 3. The summed E-state index contributed by atoms with van der Waals surface area (Å²) >= 11 is 0. The lowest BCUT2D eigenvalue weighted by Crippen LogP contribution is -2.59. The number of piperidine rings is 1. The van der Waals surface area contributed by atoms with Gasteiger partial charge in [-0.05, 0) is 24.8 Å². The molecule has 0 saturated carbocycles. The Morgan fingerprint density at radius 1 is 1.30 bits per heavy atom. The van der Waals surface area contributed by atoms with Gasteiger partial charge in [0.25, 0.3) is 0 Å². The fraction of sp³-hybridized carbons (Fsp3) is 0.467. The smallest absolute Gasteiger partial charge is 0.243 e. The van der Waals surface area contributed by atoms with Crippen LogP contribution in [0.25, 0.3) is 0 Å². The maximum Gasteiger partial charge on any atom is 0.243 e. The van der Waals surface area contributed by atoms with Crippen molar-refractivity contribution in [2.75, 3.05) is 13.1 Å². The van der Waals surface area contributed by atoms with E-state index in [9.17, 15) is 9.59 Å². The van der Waals surface area contributed by atoms with Gasteiger partial charge in [-0.25, -0.2) is 0 Å². The molecule has 1 aromatic carbocycles. The molecule has 5 heteroatoms. The van der Waals surface area contributed by atoms with Crippen LogP contribution in [0.3, 0.4) is 0 Å². The van der Waals surface area contributed by atoms with Gasteiger partial charge >= 0.3 is 0 Å². The molecule has 3 N–H and O–H groups in total. The van der Waals surface area contributed by atoms with Crippen LogP contribution in [-0.4, -0.2) is 29.8 Å². The molecule has 1 aliphatic rings. The Balaban J connectivity index is 2.20. The Hall–Kier alpha value is -1.88. The second-order valence-electron chi connectivity index (χ2n) is 5.20. The van der Waals surface area contributed by atoms with Crippen LogP contribution in [-0.2, 0) is 15.3 Å². The molecule has 1 aromatic rings. The molecule has 108 valence electrons. The summed E-state index contributed by atoms with van der Waals surface area (Å²) in [5.74, 6) is -0.344. The lowest BCUT2D eigenvalue weighted by Gasteiger charge is -2.45. The summed E-state index contributed by atoms with van der Waals surface area (Å²) in [5, 5.41) is 2.55. The van der Waals surface area contributed by atoms with Crippen molar-refractivity contribution >= 4 is 11.8 Å². The molecule has 1 heterocycles. The Bertz CT molecular complexity index is 489. The topological polar surface area (TPSA) is 75.4 Å². The Morgan fingerprint density at radius 3 is 2.65 bits per heavy atom. The first-order valence-corrected chi connectivity index (χ1v) is 6.93. The number of benzene rings is 1. The highest BCUT2D eigenvalue weighted by Gasteiger charge is 2.39. The molecule has 1 aliphatic heterocycles. The predicted molar refractivity (Wildman–Crippen MR) is 76.6 cm³/mol. The number of amides is 2. The first-order valence-electron chi connectivity index (χ1n) is 6.93. The first-order chi connectivity index (χ1) is 9.54. The van der Waals surface area contributed by atoms with Crippen molar-refractivity contribution < 1.29 is 9.59 Å². The summed E-state index contributed by atoms with van der Waals surface area (Å²) in [6.45, 7) is 2.03. The first kappa shape index (κ1) is 14.5. The normalized spacial score (nSPS) is 22.4. The second-order valence-corrected chi connectivity index (χ2v) is 5.20. The van der Waals surface area contributed by atoms with Gasteiger partial charge in [0.05, 0.1) is 6.54 Å². The van der Waals surface area contributed by atoms with Crippen LogP contribution < -0.4 is 11.1 Å². The summed E-state index contributed by atoms with van der Waals surface area (Å²) < 4.78 is 0. The van der Waals surface area contributed by atoms with E-state index in [2.05, 4.69) is 5.32 Å². The van der Waals surface area contributed by atoms with E-state index in [1.54, 1.807) is 4.90 Å². The molecule has 5 nitrogen and oxygen atoms in total. The van der Waals surface area contributed by atoms with E-state index in [0.29, 0.717) is 6.54 Å². The van der Waals surface area contributed by atoms with Crippen LogP contribution in [0.2, 0.25) is 0 Å². The van der Waals surface area contributed by atoms with E-state index in [0.717, 1.165) is 24.8 Å². The third-order valence-corrected chi connectivity index (χ3v) is 3.73. The fourth-order valence-corrected chi connectivity index (χ4v) is 2.67. The Kier molecular flexibility index (Phi) is 4.39. The van der Waals surface area contributed by atoms with Crippen LogP contribution in [0.1, 0.15) is 31.7 Å². The van der Waals surface area contributed by atoms with Crippen molar-refractivity contribution in [3.8, 4) is 0 Å². The summed E-state index contributed by atoms with van der Waals surface area (Å²) in [4.78, 5) is 25.0. The van der Waals surface area contributed by atoms with Crippen molar-refractivity contribution in [3.63, 3.8) is 0 Å². The minimum atomic E-state index is -0.769. The number of carbonyl (C=O) groups is 2. The van der Waals surface area contributed by atoms with Gasteiger partial charge < -0.3 is 16.0 Å². The molecule has 1 saturated heterocycles. The van der Waals surface area contributed by atoms with Gasteiger partial charge in [0, 0.05) is 13.5 Å². The van der Waals surface area contributed by atoms with Crippen molar-refractivity contribution in [2.24, 2.45) is 5.73 Å². The minimum absolute atomic E-state index is 0.00111. The highest BCUT2D eigenvalue weighted by atomic mass is 16.2. The largest absolute Gasteiger partial charge is 0.347 e. The van der Waals surface area contributed by atoms with E-state index >= 15 is 0 Å². The molecule has 1 unspecified atom stereocenters. The molecular weight excluding hydrogens is 254 g/mol. The summed E-state index contributed by atoms with van der Waals surface area (Å²) in [6.07, 6.45) is 2.68. The molecule has 0 aliphatic carbocycles. The maximum atomic E-state index is 12.3. The van der Waals surface area contributed by atoms with Crippen molar-refractivity contribution in [2.45, 2.75) is 31.8 Å². The fourth-order valence-electron chi connectivity index (χ4n) is 2.67. The van der Waals surface area contributed by atoms with E-state index in [4.69, 9.17) is 5.73 Å². The highest BCUT2D eigenvalue weighted by molar-refractivity contribution is 5.84. The average Bonchev–Trinajstić information content (AvgIpc) is 2.46. The van der Waals surface area contributed by atoms with E-state index in [-0.39, 0.29) is 18.4 Å². The van der Waals surface area contributed by atoms with E-state index in [1.807, 2.05) is 30.3 Å². The monoisotopic (exact) mass is 275 g/mol. The van der Waals surface area contributed by atoms with Gasteiger partial charge in [-0.15, -0.1) is 0 Å². The van der Waals surface area contributed by atoms with Crippen molar-refractivity contribution in [3.05, 3.63) is 35.9 Å². The van der Waals surface area contributed by atoms with Gasteiger partial charge in [0.15, 0.2) is 0 Å². The third-order valence-electron chi connectivity index (χ3n) is 3.73. The molecule has 0 radical (unpaired) electrons. The number of nitrogens with two attached hydrogens (primary N) is 1. The van der Waals surface area contributed by atoms with Gasteiger partial charge in [0.2, 0.25) is 11.8 Å². The Morgan fingerprint density at radius 2 is 2.00 bits per heavy atom. The van der Waals surface area contributed by atoms with Crippen LogP contribution in [0.5, 0.6) is 0 Å². The number of nitrogens with zero attached hydrogens (tertiary/aromatic N) is 1. The maximum absolute atomic E-state index is 12.3. The number of nitrogens with one attached hydrogen (secondary N) is 1. The Labute approximate surface area is 119 Å². The lowest BCUT2D eigenvalue weighted by molar-refractivity contribution is -0.140. The zero-order chi connectivity index (χ0) is 14.6. The molecule has 0 spiro atoms. The third kappa shape index (κ3) is 2.99. The molecule has 0 bridgehead atoms. The molecule has 2 rings (SSSR count). The zero-order valence-corrected chi connectivity index (χ0v) is 11.8. The second kappa shape index (κ2) is 6.05. The number of hydrogen-bond acceptors (Lipinski definition) is 3. The standard InChI is InChI=1S/C15H21N3O2/c1-12(19)17-11-14(20)18-10-6-5-9-15(18,16)13-7-3-2-4-8-13/h2-4,7-8H,5-6,9-11,16H2,1H3,(H,17,19). The summed E-state index contributed by atoms with van der Waals surface area (Å²) in [5.41, 5.74) is 6.70. The molecule has 2 amide bonds. The molecule has 20 heavy (non-hydrogen) atoms. The quantitative estimate of drug-likeness (QED) is 0.862. The SMILES string of the molecule is CC(=O)NCC(=O)N1CCCCC1(N)c1ccccc1. The average molecular weight is 275 g/mol. The van der Waals surface area contributed by atoms with Crippen molar-refractivity contribution in [1.29, 1.82) is 0 Å². The highest BCUT2D eigenvalue weighted by Crippen LogP contribution is 2.32. The van der Waals surface area contributed by atoms with Crippen LogP contribution in [0.4, 0.5) is 0 Å². The minimum Gasteiger partial charge on any atom is -0.347 e. The number of likely N-dealkylation sites (tertiary alicyclic amines) is 1. The van der Waals surface area contributed by atoms with Gasteiger partial charge in [-0.1, -0.05) is 30.3 Å². The van der Waals surface area contributed by atoms with Gasteiger partial charge in [-0.2, -0.15) is 0 Å².